The number of carbonyl (C=O) groups is 2. The van der Waals surface area contributed by atoms with Gasteiger partial charge in [0.2, 0.25) is 15.9 Å². The van der Waals surface area contributed by atoms with Crippen molar-refractivity contribution in [2.75, 3.05) is 30.7 Å². The van der Waals surface area contributed by atoms with E-state index in [4.69, 9.17) is 15.3 Å². The van der Waals surface area contributed by atoms with E-state index in [1.165, 1.54) is 24.3 Å². The van der Waals surface area contributed by atoms with E-state index in [2.05, 4.69) is 10.6 Å². The normalized spacial score (nSPS) is 17.1. The Labute approximate surface area is 191 Å². The van der Waals surface area contributed by atoms with Crippen molar-refractivity contribution in [3.05, 3.63) is 54.3 Å². The van der Waals surface area contributed by atoms with Gasteiger partial charge in [0.25, 0.3) is 5.91 Å². The molecule has 0 saturated carbocycles. The molecule has 0 radical (unpaired) electrons. The fraction of sp³-hybridized carbons (Fsp3) is 0.273. The first-order valence-corrected chi connectivity index (χ1v) is 12.0. The summed E-state index contributed by atoms with van der Waals surface area (Å²) in [5.74, 6) is -0.329. The molecule has 6 N–H and O–H groups in total. The van der Waals surface area contributed by atoms with Crippen molar-refractivity contribution in [2.24, 2.45) is 5.14 Å². The highest BCUT2D eigenvalue weighted by Gasteiger charge is 2.24. The number of likely N-dealkylation sites (tertiary alicyclic amines) is 1. The Morgan fingerprint density at radius 3 is 2.61 bits per heavy atom. The van der Waals surface area contributed by atoms with Crippen molar-refractivity contribution < 1.29 is 22.4 Å². The van der Waals surface area contributed by atoms with Gasteiger partial charge in [-0.3, -0.25) is 14.5 Å². The van der Waals surface area contributed by atoms with Gasteiger partial charge in [-0.2, -0.15) is 0 Å². The van der Waals surface area contributed by atoms with E-state index in [0.717, 1.165) is 24.8 Å². The van der Waals surface area contributed by atoms with Gasteiger partial charge in [-0.1, -0.05) is 0 Å². The molecule has 2 heterocycles. The van der Waals surface area contributed by atoms with Crippen LogP contribution in [-0.2, 0) is 14.8 Å². The molecule has 0 spiro atoms. The quantitative estimate of drug-likeness (QED) is 0.396. The molecule has 2 amide bonds. The number of nitrogens with zero attached hydrogens (tertiary/aromatic N) is 1. The third-order valence-electron chi connectivity index (χ3n) is 5.44. The number of amides is 2. The molecule has 1 aliphatic heterocycles. The highest BCUT2D eigenvalue weighted by atomic mass is 32.2. The van der Waals surface area contributed by atoms with Crippen LogP contribution in [0.3, 0.4) is 0 Å². The summed E-state index contributed by atoms with van der Waals surface area (Å²) in [4.78, 5) is 27.0. The van der Waals surface area contributed by atoms with E-state index in [1.807, 2.05) is 4.90 Å². The second-order valence-corrected chi connectivity index (χ2v) is 9.63. The summed E-state index contributed by atoms with van der Waals surface area (Å²) in [6.45, 7) is 1.40. The lowest BCUT2D eigenvalue weighted by atomic mass is 10.1. The number of nitrogen functional groups attached to an aromatic ring is 1. The predicted molar refractivity (Wildman–Crippen MR) is 124 cm³/mol. The maximum atomic E-state index is 12.6. The lowest BCUT2D eigenvalue weighted by Crippen LogP contribution is -2.49. The lowest BCUT2D eigenvalue weighted by molar-refractivity contribution is -0.117. The average Bonchev–Trinajstić information content (AvgIpc) is 3.17. The van der Waals surface area contributed by atoms with Gasteiger partial charge in [0.05, 0.1) is 11.4 Å². The van der Waals surface area contributed by atoms with Gasteiger partial charge in [-0.15, -0.1) is 0 Å². The molecular weight excluding hydrogens is 446 g/mol. The third kappa shape index (κ3) is 5.69. The Balaban J connectivity index is 1.31. The number of hydrogen-bond acceptors (Lipinski definition) is 7. The van der Waals surface area contributed by atoms with Crippen molar-refractivity contribution in [3.63, 3.8) is 0 Å². The maximum Gasteiger partial charge on any atom is 0.287 e. The van der Waals surface area contributed by atoms with E-state index >= 15 is 0 Å². The van der Waals surface area contributed by atoms with Crippen LogP contribution in [0.4, 0.5) is 11.4 Å². The summed E-state index contributed by atoms with van der Waals surface area (Å²) in [6, 6.07) is 12.4. The monoisotopic (exact) mass is 471 g/mol. The standard InChI is InChI=1S/C22H25N5O5S/c23-15-3-8-19-14(10-15)11-20(32-19)22(29)26-17-2-1-9-27(12-17)13-21(28)25-16-4-6-18(7-5-16)33(24,30)31/h3-8,10-11,17H,1-2,9,12-13,23H2,(H,25,28)(H,26,29)(H2,24,30,31). The molecule has 3 aromatic rings. The van der Waals surface area contributed by atoms with Crippen LogP contribution in [0.5, 0.6) is 0 Å². The van der Waals surface area contributed by atoms with Crippen LogP contribution in [-0.4, -0.2) is 50.8 Å². The van der Waals surface area contributed by atoms with Crippen LogP contribution in [0.2, 0.25) is 0 Å². The van der Waals surface area contributed by atoms with Gasteiger partial charge >= 0.3 is 0 Å². The first-order valence-electron chi connectivity index (χ1n) is 10.4. The van der Waals surface area contributed by atoms with Gasteiger partial charge in [-0.25, -0.2) is 13.6 Å². The molecule has 33 heavy (non-hydrogen) atoms. The first-order chi connectivity index (χ1) is 15.7. The molecule has 11 heteroatoms. The molecule has 0 aliphatic carbocycles. The molecule has 1 unspecified atom stereocenters. The Morgan fingerprint density at radius 2 is 1.88 bits per heavy atom. The average molecular weight is 472 g/mol. The smallest absolute Gasteiger partial charge is 0.287 e. The van der Waals surface area contributed by atoms with Crippen LogP contribution >= 0.6 is 0 Å². The summed E-state index contributed by atoms with van der Waals surface area (Å²) >= 11 is 0. The molecule has 10 nitrogen and oxygen atoms in total. The molecule has 1 atom stereocenters. The molecular formula is C22H25N5O5S. The zero-order valence-corrected chi connectivity index (χ0v) is 18.6. The Morgan fingerprint density at radius 1 is 1.12 bits per heavy atom. The minimum absolute atomic E-state index is 0.0250. The summed E-state index contributed by atoms with van der Waals surface area (Å²) < 4.78 is 28.3. The van der Waals surface area contributed by atoms with Crippen molar-refractivity contribution in [3.8, 4) is 0 Å². The maximum absolute atomic E-state index is 12.6. The van der Waals surface area contributed by atoms with Crippen LogP contribution in [0.1, 0.15) is 23.4 Å². The number of benzene rings is 2. The number of hydrogen-bond donors (Lipinski definition) is 4. The number of fused-ring (bicyclic) bond motifs is 1. The summed E-state index contributed by atoms with van der Waals surface area (Å²) in [5.41, 5.74) is 7.43. The number of carbonyl (C=O) groups excluding carboxylic acids is 2. The van der Waals surface area contributed by atoms with E-state index in [0.29, 0.717) is 23.5 Å². The third-order valence-corrected chi connectivity index (χ3v) is 6.37. The fourth-order valence-electron chi connectivity index (χ4n) is 3.88. The van der Waals surface area contributed by atoms with Gasteiger partial charge in [0.15, 0.2) is 5.76 Å². The van der Waals surface area contributed by atoms with Crippen molar-refractivity contribution in [2.45, 2.75) is 23.8 Å². The van der Waals surface area contributed by atoms with E-state index in [1.54, 1.807) is 24.3 Å². The number of furan rings is 1. The van der Waals surface area contributed by atoms with Crippen molar-refractivity contribution in [1.82, 2.24) is 10.2 Å². The SMILES string of the molecule is Nc1ccc2oc(C(=O)NC3CCCN(CC(=O)Nc4ccc(S(N)(=O)=O)cc4)C3)cc2c1. The van der Waals surface area contributed by atoms with E-state index in [9.17, 15) is 18.0 Å². The first kappa shape index (κ1) is 22.8. The van der Waals surface area contributed by atoms with Gasteiger partial charge in [0.1, 0.15) is 5.58 Å². The molecule has 2 aromatic carbocycles. The Kier molecular flexibility index (Phi) is 6.36. The minimum atomic E-state index is -3.78. The fourth-order valence-corrected chi connectivity index (χ4v) is 4.39. The molecule has 0 bridgehead atoms. The Bertz CT molecular complexity index is 1290. The summed E-state index contributed by atoms with van der Waals surface area (Å²) in [5, 5.41) is 11.6. The highest BCUT2D eigenvalue weighted by molar-refractivity contribution is 7.89. The number of primary sulfonamides is 1. The summed E-state index contributed by atoms with van der Waals surface area (Å²) in [6.07, 6.45) is 1.63. The zero-order valence-electron chi connectivity index (χ0n) is 17.8. The van der Waals surface area contributed by atoms with E-state index < -0.39 is 10.0 Å². The number of nitrogens with two attached hydrogens (primary N) is 2. The number of sulfonamides is 1. The second-order valence-electron chi connectivity index (χ2n) is 8.07. The Hall–Kier alpha value is -3.41. The van der Waals surface area contributed by atoms with Crippen LogP contribution in [0, 0.1) is 0 Å². The van der Waals surface area contributed by atoms with Crippen molar-refractivity contribution in [1.29, 1.82) is 0 Å². The van der Waals surface area contributed by atoms with Crippen LogP contribution in [0.15, 0.2) is 57.8 Å². The van der Waals surface area contributed by atoms with Crippen LogP contribution in [0.25, 0.3) is 11.0 Å². The molecule has 1 aromatic heterocycles. The topological polar surface area (TPSA) is 161 Å². The van der Waals surface area contributed by atoms with Crippen LogP contribution < -0.4 is 21.5 Å². The molecule has 1 fully saturated rings. The number of anilines is 2. The van der Waals surface area contributed by atoms with Crippen molar-refractivity contribution >= 4 is 44.2 Å². The largest absolute Gasteiger partial charge is 0.451 e. The van der Waals surface area contributed by atoms with E-state index in [-0.39, 0.29) is 35.1 Å². The molecule has 1 aliphatic rings. The highest BCUT2D eigenvalue weighted by Crippen LogP contribution is 2.22. The zero-order chi connectivity index (χ0) is 23.6. The number of nitrogens with one attached hydrogen (secondary N) is 2. The minimum Gasteiger partial charge on any atom is -0.451 e. The second kappa shape index (κ2) is 9.22. The van der Waals surface area contributed by atoms with Gasteiger partial charge in [0, 0.05) is 29.3 Å². The number of rotatable bonds is 6. The molecule has 174 valence electrons. The van der Waals surface area contributed by atoms with Gasteiger partial charge in [-0.05, 0) is 67.9 Å². The predicted octanol–water partition coefficient (Wildman–Crippen LogP) is 1.50. The number of piperidine rings is 1. The lowest BCUT2D eigenvalue weighted by Gasteiger charge is -2.32. The van der Waals surface area contributed by atoms with Gasteiger partial charge < -0.3 is 20.8 Å². The molecule has 4 rings (SSSR count). The summed E-state index contributed by atoms with van der Waals surface area (Å²) in [7, 11) is -3.78. The molecule has 1 saturated heterocycles.